The second-order valence-electron chi connectivity index (χ2n) is 6.63. The number of nitrogens with zero attached hydrogens (tertiary/aromatic N) is 5. The molecule has 0 atom stereocenters. The average Bonchev–Trinajstić information content (AvgIpc) is 3.37. The van der Waals surface area contributed by atoms with Gasteiger partial charge in [0.1, 0.15) is 23.9 Å². The largest absolute Gasteiger partial charge is 0.308 e. The number of para-hydroxylation sites is 1. The van der Waals surface area contributed by atoms with E-state index in [1.165, 1.54) is 15.6 Å². The van der Waals surface area contributed by atoms with Crippen molar-refractivity contribution >= 4 is 23.3 Å². The summed E-state index contributed by atoms with van der Waals surface area (Å²) < 4.78 is 29.0. The van der Waals surface area contributed by atoms with Crippen LogP contribution in [0.3, 0.4) is 0 Å². The Bertz CT molecular complexity index is 1100. The molecule has 1 amide bonds. The van der Waals surface area contributed by atoms with Gasteiger partial charge in [0.25, 0.3) is 6.43 Å². The number of nitriles is 1. The van der Waals surface area contributed by atoms with E-state index in [0.717, 1.165) is 12.8 Å². The minimum Gasteiger partial charge on any atom is -0.308 e. The van der Waals surface area contributed by atoms with Gasteiger partial charge in [-0.05, 0) is 25.0 Å². The fourth-order valence-electron chi connectivity index (χ4n) is 3.10. The number of amides is 1. The molecule has 3 aromatic rings. The van der Waals surface area contributed by atoms with Crippen molar-refractivity contribution in [2.45, 2.75) is 31.7 Å². The van der Waals surface area contributed by atoms with Gasteiger partial charge in [0.15, 0.2) is 5.82 Å². The van der Waals surface area contributed by atoms with Gasteiger partial charge in [0.2, 0.25) is 5.91 Å². The molecule has 0 aliphatic heterocycles. The lowest BCUT2D eigenvalue weighted by atomic mass is 10.2. The highest BCUT2D eigenvalue weighted by Gasteiger charge is 2.34. The molecule has 0 spiro atoms. The van der Waals surface area contributed by atoms with Crippen LogP contribution in [0.25, 0.3) is 5.69 Å². The average molecular weight is 417 g/mol. The summed E-state index contributed by atoms with van der Waals surface area (Å²) in [7, 11) is 0. The lowest BCUT2D eigenvalue weighted by Gasteiger charge is -2.11. The summed E-state index contributed by atoms with van der Waals surface area (Å²) in [6.07, 6.45) is 0.149. The molecule has 1 N–H and O–H groups in total. The molecule has 7 nitrogen and oxygen atoms in total. The van der Waals surface area contributed by atoms with Crippen molar-refractivity contribution in [3.8, 4) is 11.8 Å². The van der Waals surface area contributed by atoms with E-state index in [1.54, 1.807) is 24.3 Å². The Labute approximate surface area is 169 Å². The van der Waals surface area contributed by atoms with Crippen LogP contribution >= 0.6 is 11.6 Å². The van der Waals surface area contributed by atoms with Crippen LogP contribution in [0.4, 0.5) is 14.6 Å². The predicted octanol–water partition coefficient (Wildman–Crippen LogP) is 4.05. The summed E-state index contributed by atoms with van der Waals surface area (Å²) in [5.41, 5.74) is 0.768. The first-order valence-electron chi connectivity index (χ1n) is 8.87. The molecule has 0 unspecified atom stereocenters. The number of anilines is 1. The van der Waals surface area contributed by atoms with E-state index >= 15 is 0 Å². The second kappa shape index (κ2) is 7.64. The Morgan fingerprint density at radius 2 is 2.07 bits per heavy atom. The molecular formula is C19H15ClF2N6O. The zero-order valence-corrected chi connectivity index (χ0v) is 15.8. The highest BCUT2D eigenvalue weighted by molar-refractivity contribution is 6.32. The first-order valence-corrected chi connectivity index (χ1v) is 9.25. The van der Waals surface area contributed by atoms with Crippen molar-refractivity contribution in [1.29, 1.82) is 5.26 Å². The van der Waals surface area contributed by atoms with Crippen LogP contribution in [-0.2, 0) is 11.3 Å². The third-order valence-corrected chi connectivity index (χ3v) is 4.96. The second-order valence-corrected chi connectivity index (χ2v) is 7.01. The van der Waals surface area contributed by atoms with Gasteiger partial charge in [-0.15, -0.1) is 0 Å². The number of rotatable bonds is 6. The van der Waals surface area contributed by atoms with Crippen LogP contribution in [0.2, 0.25) is 5.02 Å². The topological polar surface area (TPSA) is 88.5 Å². The summed E-state index contributed by atoms with van der Waals surface area (Å²) in [6.45, 7) is -0.302. The van der Waals surface area contributed by atoms with Crippen molar-refractivity contribution in [1.82, 2.24) is 19.6 Å². The summed E-state index contributed by atoms with van der Waals surface area (Å²) in [5, 5.41) is 19.9. The number of carbonyl (C=O) groups is 1. The molecule has 29 heavy (non-hydrogen) atoms. The molecule has 1 aromatic carbocycles. The van der Waals surface area contributed by atoms with Gasteiger partial charge in [-0.1, -0.05) is 29.8 Å². The maximum Gasteiger partial charge on any atom is 0.283 e. The number of nitrogens with one attached hydrogen (secondary N) is 1. The SMILES string of the molecule is N#Cc1cnn(-c2ccccc2)c1NC(=O)Cn1nc(C(F)F)c(Cl)c1C1CC1. The third kappa shape index (κ3) is 3.71. The van der Waals surface area contributed by atoms with Crippen LogP contribution < -0.4 is 5.32 Å². The zero-order valence-electron chi connectivity index (χ0n) is 15.0. The molecule has 4 rings (SSSR count). The van der Waals surface area contributed by atoms with Crippen molar-refractivity contribution in [2.24, 2.45) is 0 Å². The third-order valence-electron chi connectivity index (χ3n) is 4.57. The van der Waals surface area contributed by atoms with Gasteiger partial charge >= 0.3 is 0 Å². The Morgan fingerprint density at radius 3 is 2.69 bits per heavy atom. The normalized spacial score (nSPS) is 13.5. The first kappa shape index (κ1) is 19.1. The predicted molar refractivity (Wildman–Crippen MR) is 101 cm³/mol. The summed E-state index contributed by atoms with van der Waals surface area (Å²) >= 11 is 6.09. The van der Waals surface area contributed by atoms with Gasteiger partial charge in [-0.3, -0.25) is 9.48 Å². The molecule has 2 heterocycles. The number of aromatic nitrogens is 4. The van der Waals surface area contributed by atoms with E-state index in [9.17, 15) is 18.8 Å². The fraction of sp³-hybridized carbons (Fsp3) is 0.263. The molecule has 1 saturated carbocycles. The van der Waals surface area contributed by atoms with Crippen LogP contribution in [0.15, 0.2) is 36.5 Å². The van der Waals surface area contributed by atoms with E-state index in [1.807, 2.05) is 12.1 Å². The first-order chi connectivity index (χ1) is 14.0. The van der Waals surface area contributed by atoms with Crippen LogP contribution in [-0.4, -0.2) is 25.5 Å². The highest BCUT2D eigenvalue weighted by atomic mass is 35.5. The Kier molecular flexibility index (Phi) is 5.03. The zero-order chi connectivity index (χ0) is 20.5. The number of halogens is 3. The van der Waals surface area contributed by atoms with E-state index in [4.69, 9.17) is 11.6 Å². The molecule has 0 bridgehead atoms. The Morgan fingerprint density at radius 1 is 1.34 bits per heavy atom. The van der Waals surface area contributed by atoms with Crippen LogP contribution in [0, 0.1) is 11.3 Å². The lowest BCUT2D eigenvalue weighted by Crippen LogP contribution is -2.23. The lowest BCUT2D eigenvalue weighted by molar-refractivity contribution is -0.117. The minimum absolute atomic E-state index is 0.0276. The van der Waals surface area contributed by atoms with Crippen LogP contribution in [0.5, 0.6) is 0 Å². The van der Waals surface area contributed by atoms with Gasteiger partial charge in [-0.25, -0.2) is 13.5 Å². The summed E-state index contributed by atoms with van der Waals surface area (Å²) in [6, 6.07) is 11.0. The quantitative estimate of drug-likeness (QED) is 0.656. The van der Waals surface area contributed by atoms with Gasteiger partial charge in [-0.2, -0.15) is 15.5 Å². The smallest absolute Gasteiger partial charge is 0.283 e. The summed E-state index contributed by atoms with van der Waals surface area (Å²) in [4.78, 5) is 12.7. The number of benzene rings is 1. The molecule has 1 fully saturated rings. The van der Waals surface area contributed by atoms with Crippen molar-refractivity contribution in [2.75, 3.05) is 5.32 Å². The van der Waals surface area contributed by atoms with Crippen molar-refractivity contribution < 1.29 is 13.6 Å². The van der Waals surface area contributed by atoms with Crippen LogP contribution in [0.1, 0.15) is 42.1 Å². The number of carbonyl (C=O) groups excluding carboxylic acids is 1. The van der Waals surface area contributed by atoms with E-state index in [2.05, 4.69) is 15.5 Å². The van der Waals surface area contributed by atoms with Gasteiger partial charge in [0, 0.05) is 5.92 Å². The maximum atomic E-state index is 13.2. The van der Waals surface area contributed by atoms with E-state index in [-0.39, 0.29) is 28.9 Å². The molecule has 0 saturated heterocycles. The Hall–Kier alpha value is -3.25. The van der Waals surface area contributed by atoms with Crippen molar-refractivity contribution in [3.63, 3.8) is 0 Å². The molecule has 0 radical (unpaired) electrons. The van der Waals surface area contributed by atoms with E-state index in [0.29, 0.717) is 11.4 Å². The standard InChI is InChI=1S/C19H15ClF2N6O/c20-15-16(18(21)22)26-27(17(15)11-6-7-11)10-14(29)25-19-12(8-23)9-24-28(19)13-4-2-1-3-5-13/h1-5,9,11,18H,6-7,10H2,(H,25,29). The fourth-order valence-corrected chi connectivity index (χ4v) is 3.47. The monoisotopic (exact) mass is 416 g/mol. The molecule has 10 heteroatoms. The number of alkyl halides is 2. The summed E-state index contributed by atoms with van der Waals surface area (Å²) in [5.74, 6) is -0.301. The number of hydrogen-bond donors (Lipinski definition) is 1. The molecular weight excluding hydrogens is 402 g/mol. The highest BCUT2D eigenvalue weighted by Crippen LogP contribution is 2.45. The Balaban J connectivity index is 1.61. The molecule has 148 valence electrons. The van der Waals surface area contributed by atoms with E-state index < -0.39 is 18.0 Å². The maximum absolute atomic E-state index is 13.2. The van der Waals surface area contributed by atoms with Gasteiger partial charge < -0.3 is 5.32 Å². The number of hydrogen-bond acceptors (Lipinski definition) is 4. The molecule has 1 aliphatic carbocycles. The van der Waals surface area contributed by atoms with Crippen molar-refractivity contribution in [3.05, 3.63) is 58.5 Å². The van der Waals surface area contributed by atoms with Gasteiger partial charge in [0.05, 0.1) is 22.6 Å². The minimum atomic E-state index is -2.82. The molecule has 2 aromatic heterocycles. The molecule has 1 aliphatic rings.